The summed E-state index contributed by atoms with van der Waals surface area (Å²) in [4.78, 5) is 12.0. The summed E-state index contributed by atoms with van der Waals surface area (Å²) in [5.41, 5.74) is 1.97. The molecular weight excluding hydrogens is 333 g/mol. The normalized spacial score (nSPS) is 11.6. The predicted octanol–water partition coefficient (Wildman–Crippen LogP) is 4.15. The Labute approximate surface area is 145 Å². The molecule has 0 unspecified atom stereocenters. The average molecular weight is 348 g/mol. The van der Waals surface area contributed by atoms with Crippen molar-refractivity contribution in [3.05, 3.63) is 63.6 Å². The van der Waals surface area contributed by atoms with E-state index in [-0.39, 0.29) is 18.5 Å². The largest absolute Gasteiger partial charge is 0.325 e. The predicted molar refractivity (Wildman–Crippen MR) is 92.7 cm³/mol. The van der Waals surface area contributed by atoms with Crippen molar-refractivity contribution in [2.75, 3.05) is 11.9 Å². The third kappa shape index (κ3) is 4.97. The lowest BCUT2D eigenvalue weighted by molar-refractivity contribution is -0.115. The summed E-state index contributed by atoms with van der Waals surface area (Å²) < 4.78 is 0. The molecule has 2 N–H and O–H groups in total. The third-order valence-electron chi connectivity index (χ3n) is 3.31. The first-order chi connectivity index (χ1) is 11.0. The highest BCUT2D eigenvalue weighted by Crippen LogP contribution is 2.20. The van der Waals surface area contributed by atoms with Crippen LogP contribution >= 0.6 is 23.2 Å². The number of nitriles is 1. The van der Waals surface area contributed by atoms with Gasteiger partial charge in [-0.3, -0.25) is 4.79 Å². The van der Waals surface area contributed by atoms with Crippen LogP contribution in [0.5, 0.6) is 0 Å². The fraction of sp³-hybridized carbons (Fsp3) is 0.176. The molecule has 0 aliphatic heterocycles. The van der Waals surface area contributed by atoms with Gasteiger partial charge in [0.25, 0.3) is 0 Å². The molecule has 23 heavy (non-hydrogen) atoms. The van der Waals surface area contributed by atoms with Gasteiger partial charge in [-0.2, -0.15) is 5.26 Å². The number of anilines is 1. The van der Waals surface area contributed by atoms with Crippen molar-refractivity contribution < 1.29 is 4.79 Å². The van der Waals surface area contributed by atoms with Crippen molar-refractivity contribution in [2.45, 2.75) is 13.0 Å². The zero-order chi connectivity index (χ0) is 16.8. The Bertz CT molecular complexity index is 738. The van der Waals surface area contributed by atoms with Crippen molar-refractivity contribution in [1.82, 2.24) is 5.32 Å². The van der Waals surface area contributed by atoms with E-state index in [1.807, 2.05) is 37.3 Å². The zero-order valence-electron chi connectivity index (χ0n) is 12.4. The molecule has 0 radical (unpaired) electrons. The lowest BCUT2D eigenvalue weighted by Crippen LogP contribution is -2.30. The van der Waals surface area contributed by atoms with Crippen LogP contribution in [0.15, 0.2) is 42.5 Å². The van der Waals surface area contributed by atoms with Gasteiger partial charge in [0, 0.05) is 16.8 Å². The Morgan fingerprint density at radius 1 is 1.22 bits per heavy atom. The van der Waals surface area contributed by atoms with Gasteiger partial charge in [-0.25, -0.2) is 0 Å². The molecule has 0 saturated heterocycles. The smallest absolute Gasteiger partial charge is 0.238 e. The summed E-state index contributed by atoms with van der Waals surface area (Å²) in [6, 6.07) is 14.2. The maximum absolute atomic E-state index is 12.0. The van der Waals surface area contributed by atoms with Crippen molar-refractivity contribution >= 4 is 34.8 Å². The number of hydrogen-bond donors (Lipinski definition) is 2. The summed E-state index contributed by atoms with van der Waals surface area (Å²) in [5, 5.41) is 15.7. The quantitative estimate of drug-likeness (QED) is 0.853. The average Bonchev–Trinajstić information content (AvgIpc) is 2.53. The van der Waals surface area contributed by atoms with Crippen LogP contribution in [-0.4, -0.2) is 12.5 Å². The van der Waals surface area contributed by atoms with Gasteiger partial charge in [0.1, 0.15) is 6.07 Å². The highest BCUT2D eigenvalue weighted by molar-refractivity contribution is 6.32. The van der Waals surface area contributed by atoms with Gasteiger partial charge < -0.3 is 10.6 Å². The zero-order valence-corrected chi connectivity index (χ0v) is 13.9. The number of carbonyl (C=O) groups is 1. The fourth-order valence-electron chi connectivity index (χ4n) is 2.00. The standard InChI is InChI=1S/C17H15Cl2N3O/c1-11(12-2-5-14(18)6-3-12)21-10-17(23)22-15-7-4-13(9-20)16(19)8-15/h2-8,11,21H,10H2,1H3,(H,22,23)/t11-/m1/s1. The molecule has 4 nitrogen and oxygen atoms in total. The molecule has 1 amide bonds. The monoisotopic (exact) mass is 347 g/mol. The molecule has 0 aromatic heterocycles. The van der Waals surface area contributed by atoms with E-state index in [1.54, 1.807) is 18.2 Å². The summed E-state index contributed by atoms with van der Waals surface area (Å²) in [6.45, 7) is 2.12. The number of hydrogen-bond acceptors (Lipinski definition) is 3. The first-order valence-electron chi connectivity index (χ1n) is 6.98. The summed E-state index contributed by atoms with van der Waals surface area (Å²) >= 11 is 11.8. The van der Waals surface area contributed by atoms with Gasteiger partial charge in [-0.05, 0) is 42.8 Å². The summed E-state index contributed by atoms with van der Waals surface area (Å²) in [7, 11) is 0. The third-order valence-corrected chi connectivity index (χ3v) is 3.88. The van der Waals surface area contributed by atoms with Crippen LogP contribution in [0.1, 0.15) is 24.1 Å². The van der Waals surface area contributed by atoms with E-state index < -0.39 is 0 Å². The molecule has 0 bridgehead atoms. The van der Waals surface area contributed by atoms with Crippen LogP contribution < -0.4 is 10.6 Å². The maximum Gasteiger partial charge on any atom is 0.238 e. The summed E-state index contributed by atoms with van der Waals surface area (Å²) in [6.07, 6.45) is 0. The van der Waals surface area contributed by atoms with Crippen LogP contribution in [0.2, 0.25) is 10.0 Å². The molecule has 2 aromatic rings. The minimum atomic E-state index is -0.188. The van der Waals surface area contributed by atoms with E-state index in [4.69, 9.17) is 28.5 Å². The fourth-order valence-corrected chi connectivity index (χ4v) is 2.35. The highest BCUT2D eigenvalue weighted by atomic mass is 35.5. The number of halogens is 2. The van der Waals surface area contributed by atoms with Gasteiger partial charge in [0.15, 0.2) is 0 Å². The van der Waals surface area contributed by atoms with Gasteiger partial charge in [-0.1, -0.05) is 35.3 Å². The molecule has 118 valence electrons. The Balaban J connectivity index is 1.89. The molecular formula is C17H15Cl2N3O. The Hall–Kier alpha value is -2.06. The van der Waals surface area contributed by atoms with E-state index in [0.29, 0.717) is 21.3 Å². The topological polar surface area (TPSA) is 64.9 Å². The second-order valence-electron chi connectivity index (χ2n) is 5.01. The Kier molecular flexibility index (Phi) is 6.00. The minimum Gasteiger partial charge on any atom is -0.325 e. The van der Waals surface area contributed by atoms with Crippen LogP contribution in [0.3, 0.4) is 0 Å². The van der Waals surface area contributed by atoms with E-state index in [1.165, 1.54) is 0 Å². The second-order valence-corrected chi connectivity index (χ2v) is 5.85. The van der Waals surface area contributed by atoms with Crippen LogP contribution in [-0.2, 0) is 4.79 Å². The lowest BCUT2D eigenvalue weighted by atomic mass is 10.1. The van der Waals surface area contributed by atoms with E-state index in [9.17, 15) is 4.79 Å². The second kappa shape index (κ2) is 7.98. The maximum atomic E-state index is 12.0. The lowest BCUT2D eigenvalue weighted by Gasteiger charge is -2.14. The Morgan fingerprint density at radius 3 is 2.52 bits per heavy atom. The molecule has 2 aromatic carbocycles. The SMILES string of the molecule is C[C@@H](NCC(=O)Nc1ccc(C#N)c(Cl)c1)c1ccc(Cl)cc1. The van der Waals surface area contributed by atoms with Gasteiger partial charge >= 0.3 is 0 Å². The van der Waals surface area contributed by atoms with Crippen molar-refractivity contribution in [2.24, 2.45) is 0 Å². The first kappa shape index (κ1) is 17.3. The van der Waals surface area contributed by atoms with Crippen LogP contribution in [0.4, 0.5) is 5.69 Å². The number of rotatable bonds is 5. The molecule has 1 atom stereocenters. The number of carbonyl (C=O) groups excluding carboxylic acids is 1. The molecule has 0 aliphatic carbocycles. The minimum absolute atomic E-state index is 0.0163. The number of amides is 1. The van der Waals surface area contributed by atoms with Crippen LogP contribution in [0, 0.1) is 11.3 Å². The van der Waals surface area contributed by atoms with Crippen LogP contribution in [0.25, 0.3) is 0 Å². The number of benzene rings is 2. The molecule has 2 rings (SSSR count). The van der Waals surface area contributed by atoms with Crippen molar-refractivity contribution in [3.63, 3.8) is 0 Å². The molecule has 0 fully saturated rings. The molecule has 0 heterocycles. The van der Waals surface area contributed by atoms with E-state index >= 15 is 0 Å². The molecule has 0 saturated carbocycles. The van der Waals surface area contributed by atoms with Gasteiger partial charge in [0.05, 0.1) is 17.1 Å². The molecule has 6 heteroatoms. The highest BCUT2D eigenvalue weighted by Gasteiger charge is 2.09. The van der Waals surface area contributed by atoms with Crippen molar-refractivity contribution in [3.8, 4) is 6.07 Å². The number of nitrogens with one attached hydrogen (secondary N) is 2. The Morgan fingerprint density at radius 2 is 1.91 bits per heavy atom. The first-order valence-corrected chi connectivity index (χ1v) is 7.73. The number of nitrogens with zero attached hydrogens (tertiary/aromatic N) is 1. The molecule has 0 aliphatic rings. The van der Waals surface area contributed by atoms with Gasteiger partial charge in [-0.15, -0.1) is 0 Å². The molecule has 0 spiro atoms. The van der Waals surface area contributed by atoms with Gasteiger partial charge in [0.2, 0.25) is 5.91 Å². The van der Waals surface area contributed by atoms with Crippen molar-refractivity contribution in [1.29, 1.82) is 5.26 Å². The van der Waals surface area contributed by atoms with E-state index in [2.05, 4.69) is 10.6 Å². The summed E-state index contributed by atoms with van der Waals surface area (Å²) in [5.74, 6) is -0.188. The van der Waals surface area contributed by atoms with E-state index in [0.717, 1.165) is 5.56 Å².